The standard InChI is InChI=1S/C20H26ClNO6.Na.H/c1-14(26-19(24)15-6-3-2-4-7-15)27-20(25)22-13-5-8-18(23)28-17-11-9-16(21)10-12-17;;/h9-12,14-15H,2-8,13H2,1H3,(H,22,25);;/q;+1;-1. The second-order valence-corrected chi connectivity index (χ2v) is 7.14. The molecule has 1 saturated carbocycles. The van der Waals surface area contributed by atoms with Crippen LogP contribution in [0.3, 0.4) is 0 Å². The molecule has 1 aliphatic carbocycles. The molecule has 1 atom stereocenters. The minimum atomic E-state index is -0.954. The van der Waals surface area contributed by atoms with Crippen molar-refractivity contribution in [3.05, 3.63) is 29.3 Å². The Morgan fingerprint density at radius 2 is 1.79 bits per heavy atom. The molecule has 1 unspecified atom stereocenters. The van der Waals surface area contributed by atoms with Gasteiger partial charge < -0.3 is 21.0 Å². The maximum Gasteiger partial charge on any atom is 1.00 e. The van der Waals surface area contributed by atoms with Gasteiger partial charge in [0.15, 0.2) is 0 Å². The third-order valence-corrected chi connectivity index (χ3v) is 4.62. The van der Waals surface area contributed by atoms with E-state index in [0.29, 0.717) is 17.2 Å². The molecular weight excluding hydrogens is 409 g/mol. The summed E-state index contributed by atoms with van der Waals surface area (Å²) in [7, 11) is 0. The Balaban J connectivity index is 0.00000420. The van der Waals surface area contributed by atoms with Gasteiger partial charge in [0.05, 0.1) is 5.92 Å². The molecule has 0 heterocycles. The summed E-state index contributed by atoms with van der Waals surface area (Å²) in [6.45, 7) is 1.74. The third kappa shape index (κ3) is 10.3. The molecule has 0 aliphatic heterocycles. The minimum Gasteiger partial charge on any atom is -1.00 e. The van der Waals surface area contributed by atoms with Crippen molar-refractivity contribution in [3.63, 3.8) is 0 Å². The van der Waals surface area contributed by atoms with Gasteiger partial charge in [0.2, 0.25) is 6.29 Å². The largest absolute Gasteiger partial charge is 1.00 e. The average Bonchev–Trinajstić information content (AvgIpc) is 2.67. The summed E-state index contributed by atoms with van der Waals surface area (Å²) in [4.78, 5) is 35.5. The maximum atomic E-state index is 12.0. The van der Waals surface area contributed by atoms with E-state index in [1.807, 2.05) is 0 Å². The zero-order valence-corrected chi connectivity index (χ0v) is 19.7. The number of ether oxygens (including phenoxy) is 3. The first kappa shape index (κ1) is 25.8. The Labute approximate surface area is 199 Å². The summed E-state index contributed by atoms with van der Waals surface area (Å²) in [6.07, 6.45) is 3.71. The molecule has 29 heavy (non-hydrogen) atoms. The molecule has 156 valence electrons. The van der Waals surface area contributed by atoms with Crippen molar-refractivity contribution in [2.24, 2.45) is 5.92 Å². The van der Waals surface area contributed by atoms with Gasteiger partial charge in [-0.3, -0.25) is 9.59 Å². The van der Waals surface area contributed by atoms with Gasteiger partial charge in [-0.2, -0.15) is 0 Å². The molecule has 0 spiro atoms. The van der Waals surface area contributed by atoms with Gasteiger partial charge in [0, 0.05) is 24.9 Å². The Hall–Kier alpha value is -1.28. The fourth-order valence-electron chi connectivity index (χ4n) is 2.92. The van der Waals surface area contributed by atoms with E-state index in [-0.39, 0.29) is 55.8 Å². The van der Waals surface area contributed by atoms with Crippen molar-refractivity contribution >= 4 is 29.6 Å². The average molecular weight is 436 g/mol. The molecule has 1 fully saturated rings. The van der Waals surface area contributed by atoms with E-state index >= 15 is 0 Å². The molecule has 0 bridgehead atoms. The molecule has 1 aromatic rings. The number of nitrogens with one attached hydrogen (secondary N) is 1. The van der Waals surface area contributed by atoms with Gasteiger partial charge in [-0.05, 0) is 43.5 Å². The van der Waals surface area contributed by atoms with Gasteiger partial charge in [-0.15, -0.1) is 0 Å². The normalized spacial score (nSPS) is 14.8. The SMILES string of the molecule is CC(OC(=O)NCCCC(=O)Oc1ccc(Cl)cc1)OC(=O)C1CCCCC1.[H-].[Na+]. The summed E-state index contributed by atoms with van der Waals surface area (Å²) in [6, 6.07) is 6.46. The van der Waals surface area contributed by atoms with Crippen molar-refractivity contribution in [3.8, 4) is 5.75 Å². The Bertz CT molecular complexity index is 670. The van der Waals surface area contributed by atoms with Crippen LogP contribution in [0, 0.1) is 5.92 Å². The predicted octanol–water partition coefficient (Wildman–Crippen LogP) is 1.34. The molecule has 1 aliphatic rings. The first-order valence-corrected chi connectivity index (χ1v) is 9.93. The number of hydrogen-bond acceptors (Lipinski definition) is 6. The van der Waals surface area contributed by atoms with Crippen LogP contribution in [0.2, 0.25) is 5.02 Å². The number of rotatable bonds is 8. The zero-order valence-electron chi connectivity index (χ0n) is 17.9. The van der Waals surface area contributed by atoms with E-state index < -0.39 is 18.4 Å². The third-order valence-electron chi connectivity index (χ3n) is 4.37. The van der Waals surface area contributed by atoms with Gasteiger partial charge >= 0.3 is 47.6 Å². The van der Waals surface area contributed by atoms with Crippen LogP contribution in [-0.4, -0.2) is 30.9 Å². The zero-order chi connectivity index (χ0) is 20.4. The van der Waals surface area contributed by atoms with Gasteiger partial charge in [-0.25, -0.2) is 4.79 Å². The van der Waals surface area contributed by atoms with Gasteiger partial charge in [-0.1, -0.05) is 30.9 Å². The van der Waals surface area contributed by atoms with Crippen LogP contribution >= 0.6 is 11.6 Å². The van der Waals surface area contributed by atoms with Crippen LogP contribution in [0.25, 0.3) is 0 Å². The van der Waals surface area contributed by atoms with Crippen LogP contribution in [-0.2, 0) is 19.1 Å². The number of carbonyl (C=O) groups is 3. The first-order chi connectivity index (χ1) is 13.4. The van der Waals surface area contributed by atoms with Crippen molar-refractivity contribution in [1.82, 2.24) is 5.32 Å². The molecule has 1 amide bonds. The maximum absolute atomic E-state index is 12.0. The number of benzene rings is 1. The quantitative estimate of drug-likeness (QED) is 0.218. The first-order valence-electron chi connectivity index (χ1n) is 9.55. The van der Waals surface area contributed by atoms with E-state index in [4.69, 9.17) is 25.8 Å². The van der Waals surface area contributed by atoms with Crippen molar-refractivity contribution in [2.75, 3.05) is 6.54 Å². The summed E-state index contributed by atoms with van der Waals surface area (Å²) in [5.41, 5.74) is 0. The fourth-order valence-corrected chi connectivity index (χ4v) is 3.05. The summed E-state index contributed by atoms with van der Waals surface area (Å²) in [5, 5.41) is 3.07. The molecule has 9 heteroatoms. The number of esters is 2. The second-order valence-electron chi connectivity index (χ2n) is 6.70. The summed E-state index contributed by atoms with van der Waals surface area (Å²) >= 11 is 5.76. The van der Waals surface area contributed by atoms with Crippen LogP contribution in [0.1, 0.15) is 53.3 Å². The molecule has 0 radical (unpaired) electrons. The van der Waals surface area contributed by atoms with Crippen molar-refractivity contribution < 1.29 is 59.6 Å². The van der Waals surface area contributed by atoms with Crippen molar-refractivity contribution in [1.29, 1.82) is 0 Å². The Morgan fingerprint density at radius 3 is 2.45 bits per heavy atom. The van der Waals surface area contributed by atoms with E-state index in [9.17, 15) is 14.4 Å². The summed E-state index contributed by atoms with van der Waals surface area (Å²) in [5.74, 6) is -0.415. The second kappa shape index (κ2) is 13.9. The van der Waals surface area contributed by atoms with E-state index in [1.165, 1.54) is 6.92 Å². The molecule has 0 aromatic heterocycles. The number of halogens is 1. The Kier molecular flexibility index (Phi) is 12.3. The molecular formula is C20H27ClNNaO6. The van der Waals surface area contributed by atoms with Crippen LogP contribution in [0.5, 0.6) is 5.75 Å². The fraction of sp³-hybridized carbons (Fsp3) is 0.550. The summed E-state index contributed by atoms with van der Waals surface area (Å²) < 4.78 is 15.3. The minimum absolute atomic E-state index is 0. The molecule has 0 saturated heterocycles. The van der Waals surface area contributed by atoms with Gasteiger partial charge in [0.25, 0.3) is 0 Å². The van der Waals surface area contributed by atoms with Gasteiger partial charge in [0.1, 0.15) is 5.75 Å². The Morgan fingerprint density at radius 1 is 1.14 bits per heavy atom. The van der Waals surface area contributed by atoms with E-state index in [2.05, 4.69) is 5.32 Å². The van der Waals surface area contributed by atoms with Crippen molar-refractivity contribution in [2.45, 2.75) is 58.2 Å². The number of amides is 1. The molecule has 7 nitrogen and oxygen atoms in total. The van der Waals surface area contributed by atoms with Crippen LogP contribution in [0.15, 0.2) is 24.3 Å². The van der Waals surface area contributed by atoms with E-state index in [0.717, 1.165) is 32.1 Å². The monoisotopic (exact) mass is 435 g/mol. The topological polar surface area (TPSA) is 90.9 Å². The predicted molar refractivity (Wildman–Crippen MR) is 104 cm³/mol. The molecule has 1 N–H and O–H groups in total. The molecule has 1 aromatic carbocycles. The number of hydrogen-bond donors (Lipinski definition) is 1. The van der Waals surface area contributed by atoms with Crippen LogP contribution in [0.4, 0.5) is 4.79 Å². The number of carbonyl (C=O) groups excluding carboxylic acids is 3. The number of alkyl carbamates (subject to hydrolysis) is 1. The van der Waals surface area contributed by atoms with Crippen LogP contribution < -0.4 is 39.6 Å². The smallest absolute Gasteiger partial charge is 1.00 e. The molecule has 2 rings (SSSR count). The van der Waals surface area contributed by atoms with E-state index in [1.54, 1.807) is 24.3 Å².